The molecule has 0 aliphatic carbocycles. The van der Waals surface area contributed by atoms with Gasteiger partial charge in [-0.05, 0) is 35.0 Å². The fourth-order valence-electron chi connectivity index (χ4n) is 1.45. The van der Waals surface area contributed by atoms with Gasteiger partial charge in [0.2, 0.25) is 0 Å². The van der Waals surface area contributed by atoms with E-state index in [1.807, 2.05) is 22.7 Å². The Morgan fingerprint density at radius 2 is 2.25 bits per heavy atom. The first-order valence-electron chi connectivity index (χ1n) is 4.93. The minimum Gasteiger partial charge on any atom is -0.388 e. The van der Waals surface area contributed by atoms with Crippen molar-refractivity contribution in [3.05, 3.63) is 28.6 Å². The van der Waals surface area contributed by atoms with Gasteiger partial charge in [0.1, 0.15) is 5.82 Å². The predicted octanol–water partition coefficient (Wildman–Crippen LogP) is 0.744. The Hall–Kier alpha value is -0.980. The Kier molecular flexibility index (Phi) is 2.96. The highest BCUT2D eigenvalue weighted by molar-refractivity contribution is 9.10. The third kappa shape index (κ3) is 2.23. The molecular weight excluding hydrogens is 272 g/mol. The fourth-order valence-corrected chi connectivity index (χ4v) is 1.78. The molecule has 0 saturated carbocycles. The molecule has 2 heterocycles. The molecule has 0 saturated heterocycles. The van der Waals surface area contributed by atoms with E-state index in [4.69, 9.17) is 5.73 Å². The van der Waals surface area contributed by atoms with Crippen molar-refractivity contribution in [1.82, 2.24) is 14.6 Å². The molecule has 86 valence electrons. The van der Waals surface area contributed by atoms with Gasteiger partial charge >= 0.3 is 0 Å². The van der Waals surface area contributed by atoms with Crippen LogP contribution in [0.1, 0.15) is 12.7 Å². The predicted molar refractivity (Wildman–Crippen MR) is 64.1 cm³/mol. The van der Waals surface area contributed by atoms with Crippen molar-refractivity contribution in [3.8, 4) is 0 Å². The molecule has 3 N–H and O–H groups in total. The number of fused-ring (bicyclic) bond motifs is 1. The molecule has 1 unspecified atom stereocenters. The number of nitrogens with two attached hydrogens (primary N) is 1. The first-order chi connectivity index (χ1) is 7.52. The van der Waals surface area contributed by atoms with E-state index in [0.717, 1.165) is 10.1 Å². The second-order valence-corrected chi connectivity index (χ2v) is 4.99. The highest BCUT2D eigenvalue weighted by atomic mass is 79.9. The Bertz CT molecular complexity index is 508. The topological polar surface area (TPSA) is 76.4 Å². The van der Waals surface area contributed by atoms with Crippen LogP contribution in [0.4, 0.5) is 0 Å². The summed E-state index contributed by atoms with van der Waals surface area (Å²) >= 11 is 3.38. The quantitative estimate of drug-likeness (QED) is 0.872. The number of nitrogens with zero attached hydrogens (tertiary/aromatic N) is 3. The van der Waals surface area contributed by atoms with Gasteiger partial charge in [0.25, 0.3) is 0 Å². The molecule has 2 aromatic heterocycles. The van der Waals surface area contributed by atoms with Crippen molar-refractivity contribution in [2.24, 2.45) is 5.73 Å². The van der Waals surface area contributed by atoms with E-state index in [1.54, 1.807) is 6.92 Å². The summed E-state index contributed by atoms with van der Waals surface area (Å²) in [6.07, 6.45) is 2.25. The van der Waals surface area contributed by atoms with Crippen molar-refractivity contribution in [3.63, 3.8) is 0 Å². The van der Waals surface area contributed by atoms with Crippen LogP contribution in [0.5, 0.6) is 0 Å². The lowest BCUT2D eigenvalue weighted by Crippen LogP contribution is -2.37. The molecule has 16 heavy (non-hydrogen) atoms. The number of halogens is 1. The van der Waals surface area contributed by atoms with Crippen LogP contribution in [0, 0.1) is 0 Å². The molecule has 0 aliphatic rings. The number of pyridine rings is 1. The van der Waals surface area contributed by atoms with E-state index in [0.29, 0.717) is 12.2 Å². The molecule has 1 atom stereocenters. The minimum absolute atomic E-state index is 0.190. The summed E-state index contributed by atoms with van der Waals surface area (Å²) in [5, 5.41) is 18.0. The number of rotatable bonds is 3. The average molecular weight is 285 g/mol. The van der Waals surface area contributed by atoms with Crippen LogP contribution >= 0.6 is 15.9 Å². The van der Waals surface area contributed by atoms with Gasteiger partial charge in [-0.1, -0.05) is 0 Å². The largest absolute Gasteiger partial charge is 0.388 e. The maximum Gasteiger partial charge on any atom is 0.160 e. The standard InChI is InChI=1S/C10H13BrN4O/c1-10(16,6-12)4-9-14-13-8-3-2-7(11)5-15(8)9/h2-3,5,16H,4,6,12H2,1H3. The maximum absolute atomic E-state index is 9.91. The average Bonchev–Trinajstić information content (AvgIpc) is 2.61. The SMILES string of the molecule is CC(O)(CN)Cc1nnc2ccc(Br)cn12. The van der Waals surface area contributed by atoms with Gasteiger partial charge in [-0.2, -0.15) is 0 Å². The Labute approximate surface area is 101 Å². The van der Waals surface area contributed by atoms with E-state index in [-0.39, 0.29) is 6.54 Å². The zero-order valence-corrected chi connectivity index (χ0v) is 10.5. The van der Waals surface area contributed by atoms with Gasteiger partial charge in [0, 0.05) is 23.6 Å². The maximum atomic E-state index is 9.91. The molecule has 0 amide bonds. The van der Waals surface area contributed by atoms with Gasteiger partial charge in [-0.25, -0.2) is 0 Å². The van der Waals surface area contributed by atoms with Crippen LogP contribution in [0.15, 0.2) is 22.8 Å². The Balaban J connectivity index is 2.41. The van der Waals surface area contributed by atoms with Crippen LogP contribution in [-0.2, 0) is 6.42 Å². The minimum atomic E-state index is -0.953. The summed E-state index contributed by atoms with van der Waals surface area (Å²) in [5.74, 6) is 0.701. The summed E-state index contributed by atoms with van der Waals surface area (Å²) < 4.78 is 2.78. The van der Waals surface area contributed by atoms with Crippen LogP contribution in [0.25, 0.3) is 5.65 Å². The molecule has 6 heteroatoms. The van der Waals surface area contributed by atoms with Crippen molar-refractivity contribution >= 4 is 21.6 Å². The number of hydrogen-bond acceptors (Lipinski definition) is 4. The van der Waals surface area contributed by atoms with Gasteiger partial charge in [-0.3, -0.25) is 4.40 Å². The molecule has 2 aromatic rings. The Morgan fingerprint density at radius 1 is 1.50 bits per heavy atom. The zero-order valence-electron chi connectivity index (χ0n) is 8.89. The van der Waals surface area contributed by atoms with Crippen molar-refractivity contribution in [2.45, 2.75) is 18.9 Å². The van der Waals surface area contributed by atoms with Gasteiger partial charge < -0.3 is 10.8 Å². The molecule has 0 aliphatic heterocycles. The molecule has 0 bridgehead atoms. The van der Waals surface area contributed by atoms with E-state index in [2.05, 4.69) is 26.1 Å². The van der Waals surface area contributed by atoms with E-state index in [9.17, 15) is 5.11 Å². The normalized spacial score (nSPS) is 15.2. The van der Waals surface area contributed by atoms with Crippen molar-refractivity contribution in [2.75, 3.05) is 6.54 Å². The van der Waals surface area contributed by atoms with E-state index < -0.39 is 5.60 Å². The summed E-state index contributed by atoms with van der Waals surface area (Å²) in [4.78, 5) is 0. The van der Waals surface area contributed by atoms with Crippen LogP contribution in [0.2, 0.25) is 0 Å². The third-order valence-electron chi connectivity index (χ3n) is 2.42. The molecule has 0 fully saturated rings. The molecule has 5 nitrogen and oxygen atoms in total. The summed E-state index contributed by atoms with van der Waals surface area (Å²) in [7, 11) is 0. The van der Waals surface area contributed by atoms with E-state index >= 15 is 0 Å². The first kappa shape index (κ1) is 11.5. The lowest BCUT2D eigenvalue weighted by molar-refractivity contribution is 0.0673. The third-order valence-corrected chi connectivity index (χ3v) is 2.88. The van der Waals surface area contributed by atoms with Gasteiger partial charge in [0.15, 0.2) is 5.65 Å². The van der Waals surface area contributed by atoms with Crippen LogP contribution in [-0.4, -0.2) is 31.9 Å². The molecule has 2 rings (SSSR count). The smallest absolute Gasteiger partial charge is 0.160 e. The van der Waals surface area contributed by atoms with Crippen molar-refractivity contribution < 1.29 is 5.11 Å². The van der Waals surface area contributed by atoms with Gasteiger partial charge in [0.05, 0.1) is 5.60 Å². The van der Waals surface area contributed by atoms with Gasteiger partial charge in [-0.15, -0.1) is 10.2 Å². The van der Waals surface area contributed by atoms with Crippen molar-refractivity contribution in [1.29, 1.82) is 0 Å². The van der Waals surface area contributed by atoms with Crippen LogP contribution < -0.4 is 5.73 Å². The summed E-state index contributed by atoms with van der Waals surface area (Å²) in [6, 6.07) is 3.76. The molecule has 0 spiro atoms. The monoisotopic (exact) mass is 284 g/mol. The van der Waals surface area contributed by atoms with Crippen LogP contribution in [0.3, 0.4) is 0 Å². The Morgan fingerprint density at radius 3 is 2.94 bits per heavy atom. The molecule has 0 radical (unpaired) electrons. The second kappa shape index (κ2) is 4.12. The fraction of sp³-hybridized carbons (Fsp3) is 0.400. The molecule has 0 aromatic carbocycles. The van der Waals surface area contributed by atoms with E-state index in [1.165, 1.54) is 0 Å². The second-order valence-electron chi connectivity index (χ2n) is 4.07. The highest BCUT2D eigenvalue weighted by Gasteiger charge is 2.21. The lowest BCUT2D eigenvalue weighted by atomic mass is 10.0. The summed E-state index contributed by atoms with van der Waals surface area (Å²) in [5.41, 5.74) is 5.28. The lowest BCUT2D eigenvalue weighted by Gasteiger charge is -2.19. The number of hydrogen-bond donors (Lipinski definition) is 2. The molecular formula is C10H13BrN4O. The number of aliphatic hydroxyl groups is 1. The number of aromatic nitrogens is 3. The highest BCUT2D eigenvalue weighted by Crippen LogP contribution is 2.15. The zero-order chi connectivity index (χ0) is 11.8. The first-order valence-corrected chi connectivity index (χ1v) is 5.73. The summed E-state index contributed by atoms with van der Waals surface area (Å²) in [6.45, 7) is 1.88.